The summed E-state index contributed by atoms with van der Waals surface area (Å²) in [6.07, 6.45) is 0. The van der Waals surface area contributed by atoms with Crippen molar-refractivity contribution >= 4 is 6.47 Å². The summed E-state index contributed by atoms with van der Waals surface area (Å²) in [4.78, 5) is 8.36. The first-order valence-corrected chi connectivity index (χ1v) is 3.34. The van der Waals surface area contributed by atoms with Gasteiger partial charge in [-0.15, -0.1) is 0 Å². The molecule has 0 fully saturated rings. The van der Waals surface area contributed by atoms with Crippen LogP contribution in [0, 0.1) is 5.92 Å². The van der Waals surface area contributed by atoms with E-state index >= 15 is 0 Å². The van der Waals surface area contributed by atoms with E-state index in [9.17, 15) is 0 Å². The van der Waals surface area contributed by atoms with Crippen LogP contribution in [0.3, 0.4) is 0 Å². The van der Waals surface area contributed by atoms with E-state index < -0.39 is 0 Å². The highest BCUT2D eigenvalue weighted by Gasteiger charge is 1.88. The molecule has 3 nitrogen and oxygen atoms in total. The van der Waals surface area contributed by atoms with Gasteiger partial charge in [-0.2, -0.15) is 0 Å². The molecule has 0 rings (SSSR count). The zero-order chi connectivity index (χ0) is 8.41. The van der Waals surface area contributed by atoms with E-state index in [4.69, 9.17) is 14.6 Å². The predicted molar refractivity (Wildman–Crippen MR) is 40.0 cm³/mol. The highest BCUT2D eigenvalue weighted by Crippen LogP contribution is 1.90. The maximum absolute atomic E-state index is 8.36. The van der Waals surface area contributed by atoms with Crippen LogP contribution in [0.15, 0.2) is 0 Å². The van der Waals surface area contributed by atoms with Crippen molar-refractivity contribution in [3.05, 3.63) is 0 Å². The molecule has 0 amide bonds. The Hall–Kier alpha value is -0.570. The average molecular weight is 148 g/mol. The molecule has 0 unspecified atom stereocenters. The lowest BCUT2D eigenvalue weighted by atomic mass is 10.2. The van der Waals surface area contributed by atoms with Gasteiger partial charge < -0.3 is 9.84 Å². The Morgan fingerprint density at radius 3 is 2.10 bits per heavy atom. The minimum absolute atomic E-state index is 0.250. The van der Waals surface area contributed by atoms with E-state index in [0.717, 1.165) is 13.2 Å². The Morgan fingerprint density at radius 1 is 1.60 bits per heavy atom. The third-order valence-electron chi connectivity index (χ3n) is 0.655. The Morgan fingerprint density at radius 2 is 2.00 bits per heavy atom. The van der Waals surface area contributed by atoms with Crippen molar-refractivity contribution in [2.75, 3.05) is 13.2 Å². The van der Waals surface area contributed by atoms with E-state index in [0.29, 0.717) is 5.92 Å². The van der Waals surface area contributed by atoms with Crippen molar-refractivity contribution in [1.82, 2.24) is 0 Å². The van der Waals surface area contributed by atoms with Crippen LogP contribution in [0.25, 0.3) is 0 Å². The van der Waals surface area contributed by atoms with E-state index in [1.54, 1.807) is 0 Å². The van der Waals surface area contributed by atoms with Crippen LogP contribution in [0.2, 0.25) is 0 Å². The lowest BCUT2D eigenvalue weighted by Crippen LogP contribution is -2.00. The monoisotopic (exact) mass is 148 g/mol. The van der Waals surface area contributed by atoms with Gasteiger partial charge in [-0.25, -0.2) is 0 Å². The standard InChI is InChI=1S/C6H14O.CH2O2/c1-4-7-5-6(2)3;2-1-3/h6H,4-5H2,1-3H3;1H,(H,2,3). The number of rotatable bonds is 3. The van der Waals surface area contributed by atoms with Gasteiger partial charge in [-0.3, -0.25) is 4.79 Å². The second-order valence-electron chi connectivity index (χ2n) is 2.16. The quantitative estimate of drug-likeness (QED) is 0.615. The van der Waals surface area contributed by atoms with E-state index in [-0.39, 0.29) is 6.47 Å². The highest BCUT2D eigenvalue weighted by atomic mass is 16.5. The molecule has 0 aromatic carbocycles. The fraction of sp³-hybridized carbons (Fsp3) is 0.857. The van der Waals surface area contributed by atoms with Gasteiger partial charge in [0.1, 0.15) is 0 Å². The van der Waals surface area contributed by atoms with Crippen LogP contribution in [0.1, 0.15) is 20.8 Å². The molecule has 62 valence electrons. The molecule has 0 heterocycles. The van der Waals surface area contributed by atoms with Gasteiger partial charge in [0.05, 0.1) is 0 Å². The molecule has 0 aliphatic rings. The summed E-state index contributed by atoms with van der Waals surface area (Å²) < 4.78 is 5.09. The first kappa shape index (κ1) is 12.1. The molecule has 0 saturated heterocycles. The first-order chi connectivity index (χ1) is 4.68. The van der Waals surface area contributed by atoms with E-state index in [1.165, 1.54) is 0 Å². The molecule has 0 saturated carbocycles. The zero-order valence-electron chi connectivity index (χ0n) is 6.83. The minimum Gasteiger partial charge on any atom is -0.483 e. The van der Waals surface area contributed by atoms with Crippen LogP contribution in [0.5, 0.6) is 0 Å². The molecule has 0 spiro atoms. The van der Waals surface area contributed by atoms with E-state index in [1.807, 2.05) is 6.92 Å². The van der Waals surface area contributed by atoms with Crippen LogP contribution >= 0.6 is 0 Å². The number of hydrogen-bond donors (Lipinski definition) is 1. The number of carboxylic acid groups (broad SMARTS) is 1. The highest BCUT2D eigenvalue weighted by molar-refractivity contribution is 5.32. The summed E-state index contributed by atoms with van der Waals surface area (Å²) in [5.74, 6) is 0.681. The third-order valence-corrected chi connectivity index (χ3v) is 0.655. The molecule has 1 N–H and O–H groups in total. The van der Waals surface area contributed by atoms with Gasteiger partial charge in [-0.1, -0.05) is 13.8 Å². The third kappa shape index (κ3) is 26.1. The summed E-state index contributed by atoms with van der Waals surface area (Å²) >= 11 is 0. The second kappa shape index (κ2) is 11.3. The van der Waals surface area contributed by atoms with Gasteiger partial charge in [0.2, 0.25) is 0 Å². The van der Waals surface area contributed by atoms with Crippen molar-refractivity contribution in [3.63, 3.8) is 0 Å². The van der Waals surface area contributed by atoms with Crippen LogP contribution in [-0.4, -0.2) is 24.8 Å². The van der Waals surface area contributed by atoms with E-state index in [2.05, 4.69) is 13.8 Å². The lowest BCUT2D eigenvalue weighted by Gasteiger charge is -2.01. The van der Waals surface area contributed by atoms with Gasteiger partial charge in [-0.05, 0) is 12.8 Å². The summed E-state index contributed by atoms with van der Waals surface area (Å²) in [6, 6.07) is 0. The molecule has 0 aliphatic heterocycles. The second-order valence-corrected chi connectivity index (χ2v) is 2.16. The molecule has 0 aliphatic carbocycles. The maximum atomic E-state index is 8.36. The van der Waals surface area contributed by atoms with Gasteiger partial charge >= 0.3 is 0 Å². The number of ether oxygens (including phenoxy) is 1. The predicted octanol–water partition coefficient (Wildman–Crippen LogP) is 1.38. The zero-order valence-corrected chi connectivity index (χ0v) is 6.83. The van der Waals surface area contributed by atoms with Crippen molar-refractivity contribution in [2.45, 2.75) is 20.8 Å². The number of carbonyl (C=O) groups is 1. The average Bonchev–Trinajstić information content (AvgIpc) is 1.85. The fourth-order valence-electron chi connectivity index (χ4n) is 0.354. The normalized spacial score (nSPS) is 8.40. The largest absolute Gasteiger partial charge is 0.483 e. The summed E-state index contributed by atoms with van der Waals surface area (Å²) in [7, 11) is 0. The smallest absolute Gasteiger partial charge is 0.290 e. The molecular formula is C7H16O3. The van der Waals surface area contributed by atoms with Crippen molar-refractivity contribution in [1.29, 1.82) is 0 Å². The SMILES string of the molecule is CCOCC(C)C.O=CO. The molecule has 0 aromatic heterocycles. The van der Waals surface area contributed by atoms with Crippen molar-refractivity contribution < 1.29 is 14.6 Å². The molecule has 3 heteroatoms. The molecule has 0 aromatic rings. The topological polar surface area (TPSA) is 46.5 Å². The van der Waals surface area contributed by atoms with Crippen LogP contribution < -0.4 is 0 Å². The lowest BCUT2D eigenvalue weighted by molar-refractivity contribution is -0.122. The van der Waals surface area contributed by atoms with Crippen LogP contribution in [0.4, 0.5) is 0 Å². The number of hydrogen-bond acceptors (Lipinski definition) is 2. The molecule has 10 heavy (non-hydrogen) atoms. The van der Waals surface area contributed by atoms with Crippen molar-refractivity contribution in [2.24, 2.45) is 5.92 Å². The molecule has 0 bridgehead atoms. The summed E-state index contributed by atoms with van der Waals surface area (Å²) in [5.41, 5.74) is 0. The Bertz CT molecular complexity index is 61.9. The van der Waals surface area contributed by atoms with Crippen LogP contribution in [-0.2, 0) is 9.53 Å². The van der Waals surface area contributed by atoms with Gasteiger partial charge in [0.25, 0.3) is 6.47 Å². The fourth-order valence-corrected chi connectivity index (χ4v) is 0.354. The Balaban J connectivity index is 0. The van der Waals surface area contributed by atoms with Crippen molar-refractivity contribution in [3.8, 4) is 0 Å². The Labute approximate surface area is 62.0 Å². The van der Waals surface area contributed by atoms with Gasteiger partial charge in [0.15, 0.2) is 0 Å². The minimum atomic E-state index is -0.250. The first-order valence-electron chi connectivity index (χ1n) is 3.34. The summed E-state index contributed by atoms with van der Waals surface area (Å²) in [5, 5.41) is 6.89. The summed E-state index contributed by atoms with van der Waals surface area (Å²) in [6.45, 7) is 7.81. The Kier molecular flexibility index (Phi) is 13.7. The maximum Gasteiger partial charge on any atom is 0.290 e. The van der Waals surface area contributed by atoms with Gasteiger partial charge in [0, 0.05) is 13.2 Å². The molecule has 0 radical (unpaired) electrons. The molecular weight excluding hydrogens is 132 g/mol. The molecule has 0 atom stereocenters.